The van der Waals surface area contributed by atoms with Gasteiger partial charge in [-0.05, 0) is 63.2 Å². The molecule has 3 rings (SSSR count). The number of fused-ring (bicyclic) bond motifs is 1. The van der Waals surface area contributed by atoms with Crippen LogP contribution >= 0.6 is 0 Å². The highest BCUT2D eigenvalue weighted by molar-refractivity contribution is 6.38. The molecule has 3 N–H and O–H groups in total. The summed E-state index contributed by atoms with van der Waals surface area (Å²) >= 11 is 0. The van der Waals surface area contributed by atoms with E-state index < -0.39 is 47.4 Å². The lowest BCUT2D eigenvalue weighted by Gasteiger charge is -2.34. The average Bonchev–Trinajstić information content (AvgIpc) is 3.67. The maximum Gasteiger partial charge on any atom is 0.408 e. The van der Waals surface area contributed by atoms with E-state index in [9.17, 15) is 24.0 Å². The molecule has 3 aliphatic rings. The number of nitrogens with zero attached hydrogens (tertiary/aromatic N) is 1. The number of ether oxygens (including phenoxy) is 1. The van der Waals surface area contributed by atoms with E-state index in [4.69, 9.17) is 4.74 Å². The van der Waals surface area contributed by atoms with Gasteiger partial charge in [0.1, 0.15) is 17.7 Å². The van der Waals surface area contributed by atoms with Gasteiger partial charge in [0.2, 0.25) is 17.6 Å². The van der Waals surface area contributed by atoms with Gasteiger partial charge in [-0.15, -0.1) is 6.58 Å². The van der Waals surface area contributed by atoms with Crippen molar-refractivity contribution in [2.45, 2.75) is 91.0 Å². The van der Waals surface area contributed by atoms with Crippen LogP contribution in [0.25, 0.3) is 0 Å². The SMILES string of the molecule is C=CCNC(=O)C(=O)[C@H](CCC)NC(=O)[C@@H]1[C@@H]2[C@H](CN1C(=O)[C@@H](NC(=O)OC(C)(C)C)C1CC1)C2(C)C. The van der Waals surface area contributed by atoms with Crippen molar-refractivity contribution in [2.24, 2.45) is 23.2 Å². The molecule has 0 aromatic carbocycles. The van der Waals surface area contributed by atoms with E-state index in [2.05, 4.69) is 36.4 Å². The van der Waals surface area contributed by atoms with Gasteiger partial charge in [0.05, 0.1) is 6.04 Å². The van der Waals surface area contributed by atoms with Crippen molar-refractivity contribution in [3.8, 4) is 0 Å². The maximum atomic E-state index is 13.7. The molecule has 0 bridgehead atoms. The molecule has 4 amide bonds. The van der Waals surface area contributed by atoms with Crippen molar-refractivity contribution in [2.75, 3.05) is 13.1 Å². The lowest BCUT2D eigenvalue weighted by molar-refractivity contribution is -0.144. The van der Waals surface area contributed by atoms with Crippen LogP contribution in [-0.4, -0.2) is 71.3 Å². The van der Waals surface area contributed by atoms with E-state index in [0.29, 0.717) is 19.4 Å². The molecule has 1 saturated heterocycles. The van der Waals surface area contributed by atoms with Gasteiger partial charge in [0.25, 0.3) is 5.91 Å². The Labute approximate surface area is 219 Å². The van der Waals surface area contributed by atoms with Crippen LogP contribution in [-0.2, 0) is 23.9 Å². The molecule has 0 spiro atoms. The largest absolute Gasteiger partial charge is 0.444 e. The van der Waals surface area contributed by atoms with Crippen LogP contribution in [0.1, 0.15) is 67.2 Å². The van der Waals surface area contributed by atoms with Crippen molar-refractivity contribution in [1.29, 1.82) is 0 Å². The van der Waals surface area contributed by atoms with E-state index in [-0.39, 0.29) is 35.6 Å². The predicted molar refractivity (Wildman–Crippen MR) is 137 cm³/mol. The molecule has 206 valence electrons. The summed E-state index contributed by atoms with van der Waals surface area (Å²) in [6, 6.07) is -2.54. The maximum absolute atomic E-state index is 13.7. The Kier molecular flexibility index (Phi) is 8.39. The van der Waals surface area contributed by atoms with Crippen molar-refractivity contribution in [1.82, 2.24) is 20.9 Å². The van der Waals surface area contributed by atoms with Crippen LogP contribution in [0.15, 0.2) is 12.7 Å². The Bertz CT molecular complexity index is 951. The summed E-state index contributed by atoms with van der Waals surface area (Å²) in [6.07, 6.45) is 3.30. The second kappa shape index (κ2) is 10.8. The summed E-state index contributed by atoms with van der Waals surface area (Å²) in [5.41, 5.74) is -0.834. The molecule has 0 unspecified atom stereocenters. The Morgan fingerprint density at radius 3 is 2.32 bits per heavy atom. The number of carbonyl (C=O) groups excluding carboxylic acids is 5. The summed E-state index contributed by atoms with van der Waals surface area (Å²) in [5, 5.41) is 7.97. The van der Waals surface area contributed by atoms with Crippen LogP contribution in [0, 0.1) is 23.2 Å². The number of rotatable bonds is 11. The highest BCUT2D eigenvalue weighted by atomic mass is 16.6. The highest BCUT2D eigenvalue weighted by Crippen LogP contribution is 2.65. The third-order valence-electron chi connectivity index (χ3n) is 7.63. The topological polar surface area (TPSA) is 134 Å². The molecule has 2 saturated carbocycles. The molecule has 1 aliphatic heterocycles. The first-order chi connectivity index (χ1) is 17.2. The molecule has 10 nitrogen and oxygen atoms in total. The minimum atomic E-state index is -0.987. The molecule has 0 aromatic heterocycles. The number of Topliss-reactive ketones (excluding diaryl/α,β-unsaturated/α-hetero) is 1. The third kappa shape index (κ3) is 6.51. The van der Waals surface area contributed by atoms with Crippen LogP contribution in [0.4, 0.5) is 4.79 Å². The monoisotopic (exact) mass is 518 g/mol. The highest BCUT2D eigenvalue weighted by Gasteiger charge is 2.70. The quantitative estimate of drug-likeness (QED) is 0.283. The van der Waals surface area contributed by atoms with Gasteiger partial charge >= 0.3 is 6.09 Å². The van der Waals surface area contributed by atoms with Gasteiger partial charge in [-0.25, -0.2) is 4.79 Å². The fourth-order valence-corrected chi connectivity index (χ4v) is 5.46. The molecular weight excluding hydrogens is 476 g/mol. The second-order valence-corrected chi connectivity index (χ2v) is 12.1. The van der Waals surface area contributed by atoms with Gasteiger partial charge in [-0.2, -0.15) is 0 Å². The predicted octanol–water partition coefficient (Wildman–Crippen LogP) is 1.93. The number of alkyl carbamates (subject to hydrolysis) is 1. The van der Waals surface area contributed by atoms with E-state index in [1.807, 2.05) is 6.92 Å². The number of ketones is 1. The van der Waals surface area contributed by atoms with Crippen molar-refractivity contribution >= 4 is 29.6 Å². The lowest BCUT2D eigenvalue weighted by Crippen LogP contribution is -2.58. The minimum absolute atomic E-state index is 0.00311. The molecule has 2 aliphatic carbocycles. The van der Waals surface area contributed by atoms with Gasteiger partial charge in [0.15, 0.2) is 0 Å². The van der Waals surface area contributed by atoms with E-state index in [0.717, 1.165) is 12.8 Å². The lowest BCUT2D eigenvalue weighted by atomic mass is 9.98. The molecule has 5 atom stereocenters. The van der Waals surface area contributed by atoms with E-state index in [1.165, 1.54) is 6.08 Å². The molecule has 3 fully saturated rings. The van der Waals surface area contributed by atoms with Gasteiger partial charge in [0, 0.05) is 13.1 Å². The Morgan fingerprint density at radius 1 is 1.14 bits per heavy atom. The zero-order chi connectivity index (χ0) is 27.7. The summed E-state index contributed by atoms with van der Waals surface area (Å²) in [5.74, 6) is -2.17. The number of hydrogen-bond acceptors (Lipinski definition) is 6. The number of hydrogen-bond donors (Lipinski definition) is 3. The van der Waals surface area contributed by atoms with Crippen LogP contribution in [0.5, 0.6) is 0 Å². The molecule has 0 aromatic rings. The summed E-state index contributed by atoms with van der Waals surface area (Å²) < 4.78 is 5.37. The normalized spacial score (nSPS) is 25.2. The van der Waals surface area contributed by atoms with Crippen LogP contribution in [0.3, 0.4) is 0 Å². The molecule has 0 radical (unpaired) electrons. The third-order valence-corrected chi connectivity index (χ3v) is 7.63. The van der Waals surface area contributed by atoms with Gasteiger partial charge < -0.3 is 25.6 Å². The fourth-order valence-electron chi connectivity index (χ4n) is 5.46. The Hall–Kier alpha value is -2.91. The van der Waals surface area contributed by atoms with Crippen LogP contribution in [0.2, 0.25) is 0 Å². The molecule has 37 heavy (non-hydrogen) atoms. The summed E-state index contributed by atoms with van der Waals surface area (Å²) in [4.78, 5) is 66.4. The van der Waals surface area contributed by atoms with Crippen molar-refractivity contribution < 1.29 is 28.7 Å². The second-order valence-electron chi connectivity index (χ2n) is 12.1. The zero-order valence-corrected chi connectivity index (χ0v) is 22.9. The molecule has 10 heteroatoms. The molecular formula is C27H42N4O6. The smallest absolute Gasteiger partial charge is 0.408 e. The van der Waals surface area contributed by atoms with Gasteiger partial charge in [-0.1, -0.05) is 33.3 Å². The number of nitrogens with one attached hydrogen (secondary N) is 3. The van der Waals surface area contributed by atoms with E-state index >= 15 is 0 Å². The fraction of sp³-hybridized carbons (Fsp3) is 0.741. The van der Waals surface area contributed by atoms with Crippen LogP contribution < -0.4 is 16.0 Å². The minimum Gasteiger partial charge on any atom is -0.444 e. The van der Waals surface area contributed by atoms with E-state index in [1.54, 1.807) is 25.7 Å². The first-order valence-electron chi connectivity index (χ1n) is 13.3. The first-order valence-corrected chi connectivity index (χ1v) is 13.3. The number of likely N-dealkylation sites (tertiary alicyclic amines) is 1. The van der Waals surface area contributed by atoms with Crippen molar-refractivity contribution in [3.63, 3.8) is 0 Å². The van der Waals surface area contributed by atoms with Gasteiger partial charge in [-0.3, -0.25) is 19.2 Å². The Balaban J connectivity index is 1.77. The van der Waals surface area contributed by atoms with Crippen molar-refractivity contribution in [3.05, 3.63) is 12.7 Å². The number of carbonyl (C=O) groups is 5. The standard InChI is InChI=1S/C27H42N4O6/c1-8-10-17(21(32)23(34)28-13-9-2)29-22(33)20-18-16(27(18,6)7)14-31(20)24(35)19(15-11-12-15)30-25(36)37-26(3,4)5/h9,15-20H,2,8,10-14H2,1,3-7H3,(H,28,34)(H,29,33)(H,30,36)/t16-,17-,18-,19-,20-/m0/s1. The average molecular weight is 519 g/mol. The summed E-state index contributed by atoms with van der Waals surface area (Å²) in [7, 11) is 0. The molecule has 1 heterocycles. The zero-order valence-electron chi connectivity index (χ0n) is 22.9. The first kappa shape index (κ1) is 28.7. The number of piperidine rings is 1. The summed E-state index contributed by atoms with van der Waals surface area (Å²) in [6.45, 7) is 15.3. The Morgan fingerprint density at radius 2 is 1.78 bits per heavy atom. The number of amides is 4.